The highest BCUT2D eigenvalue weighted by Crippen LogP contribution is 2.32. The molecule has 0 spiro atoms. The van der Waals surface area contributed by atoms with Gasteiger partial charge in [-0.2, -0.15) is 8.42 Å². The van der Waals surface area contributed by atoms with Crippen molar-refractivity contribution >= 4 is 44.9 Å². The van der Waals surface area contributed by atoms with Gasteiger partial charge in [0.25, 0.3) is 0 Å². The summed E-state index contributed by atoms with van der Waals surface area (Å²) in [5, 5.41) is 0.497. The van der Waals surface area contributed by atoms with E-state index in [2.05, 4.69) is 0 Å². The highest BCUT2D eigenvalue weighted by molar-refractivity contribution is 7.87. The second-order valence-corrected chi connectivity index (χ2v) is 7.69. The minimum absolute atomic E-state index is 0.0273. The topological polar surface area (TPSA) is 63.7 Å². The van der Waals surface area contributed by atoms with Gasteiger partial charge in [0, 0.05) is 25.2 Å². The van der Waals surface area contributed by atoms with Gasteiger partial charge in [0.15, 0.2) is 0 Å². The minimum atomic E-state index is -4.05. The van der Waals surface area contributed by atoms with Crippen LogP contribution in [-0.2, 0) is 21.3 Å². The summed E-state index contributed by atoms with van der Waals surface area (Å²) in [6.07, 6.45) is 0.697. The van der Waals surface area contributed by atoms with Gasteiger partial charge in [0.05, 0.1) is 10.0 Å². The van der Waals surface area contributed by atoms with Crippen LogP contribution in [0, 0.1) is 0 Å². The van der Waals surface area contributed by atoms with Gasteiger partial charge in [-0.3, -0.25) is 4.79 Å². The number of nitrogens with zero attached hydrogens (tertiary/aromatic N) is 1. The number of fused-ring (bicyclic) bond motifs is 1. The van der Waals surface area contributed by atoms with Gasteiger partial charge in [-0.25, -0.2) is 0 Å². The first-order valence-corrected chi connectivity index (χ1v) is 9.25. The van der Waals surface area contributed by atoms with Crippen molar-refractivity contribution < 1.29 is 17.4 Å². The summed E-state index contributed by atoms with van der Waals surface area (Å²) in [6, 6.07) is 8.82. The van der Waals surface area contributed by atoms with Crippen LogP contribution in [0.15, 0.2) is 41.3 Å². The van der Waals surface area contributed by atoms with Crippen molar-refractivity contribution in [3.63, 3.8) is 0 Å². The van der Waals surface area contributed by atoms with Crippen molar-refractivity contribution in [3.8, 4) is 5.75 Å². The van der Waals surface area contributed by atoms with Gasteiger partial charge < -0.3 is 9.08 Å². The molecule has 0 unspecified atom stereocenters. The highest BCUT2D eigenvalue weighted by Gasteiger charge is 2.26. The quantitative estimate of drug-likeness (QED) is 0.756. The Morgan fingerprint density at radius 1 is 1.12 bits per heavy atom. The van der Waals surface area contributed by atoms with E-state index in [9.17, 15) is 13.2 Å². The van der Waals surface area contributed by atoms with Crippen LogP contribution in [0.25, 0.3) is 0 Å². The van der Waals surface area contributed by atoms with Crippen LogP contribution in [0.2, 0.25) is 10.0 Å². The Labute approximate surface area is 149 Å². The lowest BCUT2D eigenvalue weighted by molar-refractivity contribution is -0.116. The smallest absolute Gasteiger partial charge is 0.339 e. The number of carbonyl (C=O) groups is 1. The molecule has 3 rings (SSSR count). The summed E-state index contributed by atoms with van der Waals surface area (Å²) >= 11 is 11.7. The fourth-order valence-corrected chi connectivity index (χ4v) is 3.78. The van der Waals surface area contributed by atoms with Crippen LogP contribution >= 0.6 is 23.2 Å². The standard InChI is InChI=1S/C16H13Cl2NO4S/c1-10(20)19-7-6-11-2-4-13(9-16(11)19)24(21,22)23-12-3-5-14(17)15(18)8-12/h2-5,8-9H,6-7H2,1H3. The first-order chi connectivity index (χ1) is 11.3. The number of halogens is 2. The van der Waals surface area contributed by atoms with Crippen molar-refractivity contribution in [2.45, 2.75) is 18.2 Å². The van der Waals surface area contributed by atoms with E-state index in [1.54, 1.807) is 11.0 Å². The van der Waals surface area contributed by atoms with Gasteiger partial charge in [-0.05, 0) is 36.2 Å². The fraction of sp³-hybridized carbons (Fsp3) is 0.188. The van der Waals surface area contributed by atoms with Gasteiger partial charge in [0.2, 0.25) is 5.91 Å². The minimum Gasteiger partial charge on any atom is -0.379 e. The second kappa shape index (κ2) is 6.27. The van der Waals surface area contributed by atoms with Crippen molar-refractivity contribution in [1.29, 1.82) is 0 Å². The van der Waals surface area contributed by atoms with Crippen molar-refractivity contribution in [3.05, 3.63) is 52.0 Å². The lowest BCUT2D eigenvalue weighted by atomic mass is 10.2. The predicted molar refractivity (Wildman–Crippen MR) is 92.4 cm³/mol. The predicted octanol–water partition coefficient (Wildman–Crippen LogP) is 3.67. The zero-order chi connectivity index (χ0) is 17.5. The molecule has 24 heavy (non-hydrogen) atoms. The highest BCUT2D eigenvalue weighted by atomic mass is 35.5. The molecule has 1 aliphatic heterocycles. The van der Waals surface area contributed by atoms with E-state index in [4.69, 9.17) is 27.4 Å². The molecule has 1 aliphatic rings. The number of amides is 1. The molecule has 1 heterocycles. The van der Waals surface area contributed by atoms with Crippen LogP contribution in [-0.4, -0.2) is 20.9 Å². The maximum Gasteiger partial charge on any atom is 0.339 e. The number of benzene rings is 2. The molecule has 0 fully saturated rings. The third-order valence-electron chi connectivity index (χ3n) is 3.72. The SMILES string of the molecule is CC(=O)N1CCc2ccc(S(=O)(=O)Oc3ccc(Cl)c(Cl)c3)cc21. The summed E-state index contributed by atoms with van der Waals surface area (Å²) in [4.78, 5) is 13.2. The van der Waals surface area contributed by atoms with Crippen molar-refractivity contribution in [2.24, 2.45) is 0 Å². The molecule has 5 nitrogen and oxygen atoms in total. The molecule has 1 amide bonds. The molecular weight excluding hydrogens is 373 g/mol. The Morgan fingerprint density at radius 2 is 1.88 bits per heavy atom. The second-order valence-electron chi connectivity index (χ2n) is 5.32. The van der Waals surface area contributed by atoms with Crippen LogP contribution in [0.4, 0.5) is 5.69 Å². The molecule has 0 bridgehead atoms. The molecule has 0 saturated carbocycles. The van der Waals surface area contributed by atoms with Gasteiger partial charge in [-0.1, -0.05) is 29.3 Å². The monoisotopic (exact) mass is 385 g/mol. The average molecular weight is 386 g/mol. The summed E-state index contributed by atoms with van der Waals surface area (Å²) in [6.45, 7) is 1.99. The third kappa shape index (κ3) is 3.22. The number of hydrogen-bond donors (Lipinski definition) is 0. The Bertz CT molecular complexity index is 928. The lowest BCUT2D eigenvalue weighted by Gasteiger charge is -2.15. The average Bonchev–Trinajstić information content (AvgIpc) is 2.94. The fourth-order valence-electron chi connectivity index (χ4n) is 2.55. The molecule has 0 radical (unpaired) electrons. The van der Waals surface area contributed by atoms with E-state index in [1.807, 2.05) is 0 Å². The first kappa shape index (κ1) is 17.1. The van der Waals surface area contributed by atoms with Crippen LogP contribution in [0.3, 0.4) is 0 Å². The Hall–Kier alpha value is -1.76. The van der Waals surface area contributed by atoms with E-state index in [0.29, 0.717) is 23.7 Å². The molecule has 2 aromatic rings. The number of hydrogen-bond acceptors (Lipinski definition) is 4. The number of carbonyl (C=O) groups excluding carboxylic acids is 1. The van der Waals surface area contributed by atoms with E-state index >= 15 is 0 Å². The van der Waals surface area contributed by atoms with Crippen LogP contribution in [0.1, 0.15) is 12.5 Å². The maximum absolute atomic E-state index is 12.5. The van der Waals surface area contributed by atoms with Gasteiger partial charge in [0.1, 0.15) is 10.6 Å². The number of anilines is 1. The molecular formula is C16H13Cl2NO4S. The Kier molecular flexibility index (Phi) is 4.46. The molecule has 2 aromatic carbocycles. The van der Waals surface area contributed by atoms with Crippen molar-refractivity contribution in [2.75, 3.05) is 11.4 Å². The largest absolute Gasteiger partial charge is 0.379 e. The third-order valence-corrected chi connectivity index (χ3v) is 5.70. The molecule has 126 valence electrons. The zero-order valence-corrected chi connectivity index (χ0v) is 15.0. The van der Waals surface area contributed by atoms with E-state index < -0.39 is 10.1 Å². The zero-order valence-electron chi connectivity index (χ0n) is 12.6. The van der Waals surface area contributed by atoms with Crippen molar-refractivity contribution in [1.82, 2.24) is 0 Å². The van der Waals surface area contributed by atoms with Crippen LogP contribution < -0.4 is 9.08 Å². The molecule has 0 N–H and O–H groups in total. The van der Waals surface area contributed by atoms with Gasteiger partial charge in [-0.15, -0.1) is 0 Å². The first-order valence-electron chi connectivity index (χ1n) is 7.08. The lowest BCUT2D eigenvalue weighted by Crippen LogP contribution is -2.26. The van der Waals surface area contributed by atoms with E-state index in [0.717, 1.165) is 5.56 Å². The normalized spacial score (nSPS) is 13.7. The van der Waals surface area contributed by atoms with E-state index in [-0.39, 0.29) is 21.6 Å². The molecule has 0 saturated heterocycles. The molecule has 0 aliphatic carbocycles. The summed E-state index contributed by atoms with van der Waals surface area (Å²) in [5.41, 5.74) is 1.53. The van der Waals surface area contributed by atoms with E-state index in [1.165, 1.54) is 37.3 Å². The molecule has 8 heteroatoms. The summed E-state index contributed by atoms with van der Waals surface area (Å²) < 4.78 is 30.0. The molecule has 0 aromatic heterocycles. The van der Waals surface area contributed by atoms with Crippen LogP contribution in [0.5, 0.6) is 5.75 Å². The summed E-state index contributed by atoms with van der Waals surface area (Å²) in [7, 11) is -4.05. The Morgan fingerprint density at radius 3 is 2.54 bits per heavy atom. The number of rotatable bonds is 3. The molecule has 0 atom stereocenters. The maximum atomic E-state index is 12.5. The Balaban J connectivity index is 1.94. The summed E-state index contributed by atoms with van der Waals surface area (Å²) in [5.74, 6) is -0.0676. The van der Waals surface area contributed by atoms with Gasteiger partial charge >= 0.3 is 10.1 Å².